The second kappa shape index (κ2) is 11.7. The summed E-state index contributed by atoms with van der Waals surface area (Å²) in [5.74, 6) is -6.00. The molecule has 0 aromatic heterocycles. The number of benzene rings is 2. The van der Waals surface area contributed by atoms with E-state index < -0.39 is 69.5 Å². The SMILES string of the molecule is O=C(O)CC(NC(=O)C1N(C(=O)c2cc(F)cc(F)c2)CCN1S(=O)(=O)c1ccc(F)cc1)C1CCCCC1. The van der Waals surface area contributed by atoms with Gasteiger partial charge in [0.05, 0.1) is 11.3 Å². The molecule has 1 saturated heterocycles. The lowest BCUT2D eigenvalue weighted by Gasteiger charge is -2.34. The number of carbonyl (C=O) groups is 3. The smallest absolute Gasteiger partial charge is 0.305 e. The molecule has 9 nitrogen and oxygen atoms in total. The standard InChI is InChI=1S/C26H28F3N3O6S/c27-18-6-8-21(9-7-18)39(37,38)32-11-10-31(26(36)17-12-19(28)14-20(29)13-17)25(32)24(35)30-22(15-23(33)34)16-4-2-1-3-5-16/h6-9,12-14,16,22,25H,1-5,10-11,15H2,(H,30,35)(H,33,34). The van der Waals surface area contributed by atoms with Crippen molar-refractivity contribution in [3.05, 3.63) is 65.5 Å². The Bertz CT molecular complexity index is 1330. The molecule has 2 aromatic carbocycles. The average Bonchev–Trinajstić information content (AvgIpc) is 3.34. The number of sulfonamides is 1. The highest BCUT2D eigenvalue weighted by Gasteiger charge is 2.47. The van der Waals surface area contributed by atoms with E-state index in [0.29, 0.717) is 18.9 Å². The highest BCUT2D eigenvalue weighted by molar-refractivity contribution is 7.89. The van der Waals surface area contributed by atoms with Crippen LogP contribution in [0.15, 0.2) is 47.4 Å². The maximum Gasteiger partial charge on any atom is 0.305 e. The number of carboxylic acid groups (broad SMARTS) is 1. The van der Waals surface area contributed by atoms with Crippen LogP contribution >= 0.6 is 0 Å². The van der Waals surface area contributed by atoms with Crippen LogP contribution in [-0.2, 0) is 19.6 Å². The topological polar surface area (TPSA) is 124 Å². The number of carbonyl (C=O) groups excluding carboxylic acids is 2. The van der Waals surface area contributed by atoms with Crippen molar-refractivity contribution < 1.29 is 41.1 Å². The fourth-order valence-corrected chi connectivity index (χ4v) is 6.79. The van der Waals surface area contributed by atoms with Gasteiger partial charge in [0.25, 0.3) is 11.8 Å². The van der Waals surface area contributed by atoms with Gasteiger partial charge in [-0.1, -0.05) is 19.3 Å². The van der Waals surface area contributed by atoms with Crippen molar-refractivity contribution in [1.29, 1.82) is 0 Å². The van der Waals surface area contributed by atoms with Gasteiger partial charge in [0.1, 0.15) is 17.5 Å². The Balaban J connectivity index is 1.70. The number of hydrogen-bond acceptors (Lipinski definition) is 5. The first-order valence-corrected chi connectivity index (χ1v) is 14.0. The fourth-order valence-electron chi connectivity index (χ4n) is 5.25. The molecule has 2 atom stereocenters. The summed E-state index contributed by atoms with van der Waals surface area (Å²) in [5, 5.41) is 12.1. The Labute approximate surface area is 223 Å². The monoisotopic (exact) mass is 567 g/mol. The molecular formula is C26H28F3N3O6S. The highest BCUT2D eigenvalue weighted by Crippen LogP contribution is 2.30. The van der Waals surface area contributed by atoms with Crippen LogP contribution in [0.3, 0.4) is 0 Å². The summed E-state index contributed by atoms with van der Waals surface area (Å²) in [6, 6.07) is 5.18. The fraction of sp³-hybridized carbons (Fsp3) is 0.423. The highest BCUT2D eigenvalue weighted by atomic mass is 32.2. The molecule has 1 aliphatic heterocycles. The summed E-state index contributed by atoms with van der Waals surface area (Å²) in [7, 11) is -4.45. The van der Waals surface area contributed by atoms with Gasteiger partial charge in [0, 0.05) is 30.8 Å². The number of amides is 2. The quantitative estimate of drug-likeness (QED) is 0.505. The molecule has 1 heterocycles. The molecule has 2 amide bonds. The van der Waals surface area contributed by atoms with E-state index in [2.05, 4.69) is 5.32 Å². The van der Waals surface area contributed by atoms with Gasteiger partial charge in [-0.15, -0.1) is 0 Å². The predicted molar refractivity (Wildman–Crippen MR) is 132 cm³/mol. The summed E-state index contributed by atoms with van der Waals surface area (Å²) >= 11 is 0. The van der Waals surface area contributed by atoms with E-state index in [4.69, 9.17) is 0 Å². The van der Waals surface area contributed by atoms with E-state index >= 15 is 0 Å². The van der Waals surface area contributed by atoms with Gasteiger partial charge in [-0.3, -0.25) is 14.4 Å². The zero-order valence-electron chi connectivity index (χ0n) is 20.9. The predicted octanol–water partition coefficient (Wildman–Crippen LogP) is 3.12. The van der Waals surface area contributed by atoms with Crippen LogP contribution in [0.4, 0.5) is 13.2 Å². The molecule has 210 valence electrons. The van der Waals surface area contributed by atoms with E-state index in [0.717, 1.165) is 64.9 Å². The summed E-state index contributed by atoms with van der Waals surface area (Å²) < 4.78 is 69.0. The second-order valence-corrected chi connectivity index (χ2v) is 11.6. The van der Waals surface area contributed by atoms with Crippen LogP contribution in [0.2, 0.25) is 0 Å². The van der Waals surface area contributed by atoms with Gasteiger partial charge in [0.15, 0.2) is 6.17 Å². The summed E-state index contributed by atoms with van der Waals surface area (Å²) in [5.41, 5.74) is -0.430. The Hall–Kier alpha value is -3.45. The van der Waals surface area contributed by atoms with Crippen molar-refractivity contribution in [2.75, 3.05) is 13.1 Å². The van der Waals surface area contributed by atoms with Crippen LogP contribution in [0.5, 0.6) is 0 Å². The molecule has 39 heavy (non-hydrogen) atoms. The minimum absolute atomic E-state index is 0.163. The Morgan fingerprint density at radius 2 is 1.54 bits per heavy atom. The molecule has 13 heteroatoms. The number of carboxylic acids is 1. The zero-order chi connectivity index (χ0) is 28.3. The second-order valence-electron chi connectivity index (χ2n) is 9.71. The van der Waals surface area contributed by atoms with E-state index in [1.807, 2.05) is 0 Å². The molecule has 2 fully saturated rings. The van der Waals surface area contributed by atoms with Crippen LogP contribution in [0, 0.1) is 23.4 Å². The van der Waals surface area contributed by atoms with Gasteiger partial charge >= 0.3 is 5.97 Å². The first kappa shape index (κ1) is 28.6. The molecule has 0 spiro atoms. The van der Waals surface area contributed by atoms with Crippen molar-refractivity contribution in [3.63, 3.8) is 0 Å². The van der Waals surface area contributed by atoms with Crippen molar-refractivity contribution in [2.24, 2.45) is 5.92 Å². The number of halogens is 3. The lowest BCUT2D eigenvalue weighted by atomic mass is 9.82. The number of aliphatic carboxylic acids is 1. The molecule has 2 unspecified atom stereocenters. The van der Waals surface area contributed by atoms with Crippen molar-refractivity contribution >= 4 is 27.8 Å². The van der Waals surface area contributed by atoms with Crippen LogP contribution in [0.25, 0.3) is 0 Å². The third-order valence-electron chi connectivity index (χ3n) is 7.10. The molecule has 2 N–H and O–H groups in total. The number of nitrogens with one attached hydrogen (secondary N) is 1. The lowest BCUT2D eigenvalue weighted by molar-refractivity contribution is -0.138. The average molecular weight is 568 g/mol. The number of hydrogen-bond donors (Lipinski definition) is 2. The van der Waals surface area contributed by atoms with E-state index in [-0.39, 0.29) is 23.9 Å². The minimum atomic E-state index is -4.45. The number of rotatable bonds is 8. The summed E-state index contributed by atoms with van der Waals surface area (Å²) in [4.78, 5) is 39.2. The van der Waals surface area contributed by atoms with Gasteiger partial charge in [-0.2, -0.15) is 4.31 Å². The zero-order valence-corrected chi connectivity index (χ0v) is 21.7. The van der Waals surface area contributed by atoms with Crippen molar-refractivity contribution in [1.82, 2.24) is 14.5 Å². The third kappa shape index (κ3) is 6.41. The molecule has 4 rings (SSSR count). The van der Waals surface area contributed by atoms with Crippen molar-refractivity contribution in [3.8, 4) is 0 Å². The maximum absolute atomic E-state index is 13.9. The third-order valence-corrected chi connectivity index (χ3v) is 8.96. The van der Waals surface area contributed by atoms with Gasteiger partial charge in [-0.25, -0.2) is 21.6 Å². The van der Waals surface area contributed by atoms with Gasteiger partial charge in [0.2, 0.25) is 10.0 Å². The lowest BCUT2D eigenvalue weighted by Crippen LogP contribution is -2.56. The van der Waals surface area contributed by atoms with E-state index in [9.17, 15) is 41.1 Å². The first-order chi connectivity index (χ1) is 18.5. The van der Waals surface area contributed by atoms with Crippen LogP contribution in [-0.4, -0.2) is 65.8 Å². The molecule has 1 saturated carbocycles. The number of nitrogens with zero attached hydrogens (tertiary/aromatic N) is 2. The Kier molecular flexibility index (Phi) is 8.60. The molecule has 0 radical (unpaired) electrons. The molecule has 2 aromatic rings. The van der Waals surface area contributed by atoms with E-state index in [1.54, 1.807) is 0 Å². The Morgan fingerprint density at radius 1 is 0.923 bits per heavy atom. The van der Waals surface area contributed by atoms with E-state index in [1.165, 1.54) is 0 Å². The van der Waals surface area contributed by atoms with Crippen LogP contribution in [0.1, 0.15) is 48.9 Å². The summed E-state index contributed by atoms with van der Waals surface area (Å²) in [6.45, 7) is -0.628. The molecular weight excluding hydrogens is 539 g/mol. The molecule has 0 bridgehead atoms. The molecule has 2 aliphatic rings. The largest absolute Gasteiger partial charge is 0.481 e. The van der Waals surface area contributed by atoms with Crippen molar-refractivity contribution in [2.45, 2.75) is 55.6 Å². The first-order valence-electron chi connectivity index (χ1n) is 12.5. The van der Waals surface area contributed by atoms with Gasteiger partial charge in [-0.05, 0) is 55.2 Å². The summed E-state index contributed by atoms with van der Waals surface area (Å²) in [6.07, 6.45) is 1.83. The molecule has 1 aliphatic carbocycles. The minimum Gasteiger partial charge on any atom is -0.481 e. The maximum atomic E-state index is 13.9. The normalized spacial score (nSPS) is 19.6. The van der Waals surface area contributed by atoms with Gasteiger partial charge < -0.3 is 15.3 Å². The Morgan fingerprint density at radius 3 is 2.13 bits per heavy atom. The van der Waals surface area contributed by atoms with Crippen LogP contribution < -0.4 is 5.32 Å².